The number of hydrogen-bond acceptors (Lipinski definition) is 2. The molecule has 0 radical (unpaired) electrons. The molecule has 0 atom stereocenters. The van der Waals surface area contributed by atoms with Crippen LogP contribution in [-0.4, -0.2) is 22.2 Å². The molecule has 4 heteroatoms. The molecule has 0 aromatic rings. The van der Waals surface area contributed by atoms with Gasteiger partial charge in [-0.05, 0) is 25.7 Å². The van der Waals surface area contributed by atoms with Crippen molar-refractivity contribution in [3.05, 3.63) is 0 Å². The van der Waals surface area contributed by atoms with Crippen LogP contribution in [0.25, 0.3) is 0 Å². The highest BCUT2D eigenvalue weighted by Gasteiger charge is 2.33. The van der Waals surface area contributed by atoms with Crippen molar-refractivity contribution in [2.24, 2.45) is 5.41 Å². The number of carboxylic acid groups (broad SMARTS) is 2. The van der Waals surface area contributed by atoms with E-state index in [1.807, 2.05) is 13.8 Å². The van der Waals surface area contributed by atoms with Crippen LogP contribution in [0.5, 0.6) is 0 Å². The van der Waals surface area contributed by atoms with Crippen LogP contribution in [0.1, 0.15) is 137 Å². The summed E-state index contributed by atoms with van der Waals surface area (Å²) >= 11 is 0. The number of hydrogen-bond donors (Lipinski definition) is 2. The monoisotopic (exact) mass is 400 g/mol. The van der Waals surface area contributed by atoms with E-state index in [1.165, 1.54) is 64.2 Å². The molecule has 0 spiro atoms. The summed E-state index contributed by atoms with van der Waals surface area (Å²) in [5.74, 6) is -1.27. The zero-order chi connectivity index (χ0) is 21.7. The van der Waals surface area contributed by atoms with Crippen molar-refractivity contribution in [2.45, 2.75) is 137 Å². The maximum atomic E-state index is 11.2. The van der Waals surface area contributed by atoms with Crippen molar-refractivity contribution in [3.63, 3.8) is 0 Å². The molecule has 0 saturated heterocycles. The lowest BCUT2D eigenvalue weighted by molar-refractivity contribution is -0.150. The summed E-state index contributed by atoms with van der Waals surface area (Å²) < 4.78 is 0. The largest absolute Gasteiger partial charge is 0.481 e. The van der Waals surface area contributed by atoms with E-state index in [2.05, 4.69) is 13.8 Å². The zero-order valence-corrected chi connectivity index (χ0v) is 19.2. The van der Waals surface area contributed by atoms with Gasteiger partial charge in [-0.15, -0.1) is 0 Å². The summed E-state index contributed by atoms with van der Waals surface area (Å²) in [4.78, 5) is 21.4. The van der Waals surface area contributed by atoms with E-state index in [4.69, 9.17) is 5.11 Å². The topological polar surface area (TPSA) is 74.6 Å². The number of unbranched alkanes of at least 4 members (excludes halogenated alkanes) is 11. The molecular weight excluding hydrogens is 352 g/mol. The third-order valence-electron chi connectivity index (χ3n) is 5.81. The number of carboxylic acids is 2. The first-order chi connectivity index (χ1) is 13.4. The van der Waals surface area contributed by atoms with Crippen molar-refractivity contribution < 1.29 is 19.8 Å². The molecule has 0 aliphatic rings. The Morgan fingerprint density at radius 2 is 1.00 bits per heavy atom. The fourth-order valence-corrected chi connectivity index (χ4v) is 3.49. The predicted molar refractivity (Wildman–Crippen MR) is 119 cm³/mol. The smallest absolute Gasteiger partial charge is 0.309 e. The second kappa shape index (κ2) is 20.7. The van der Waals surface area contributed by atoms with Gasteiger partial charge in [0.15, 0.2) is 0 Å². The number of rotatable bonds is 18. The Morgan fingerprint density at radius 1 is 0.607 bits per heavy atom. The Labute approximate surface area is 174 Å². The molecule has 0 fully saturated rings. The Morgan fingerprint density at radius 3 is 1.36 bits per heavy atom. The van der Waals surface area contributed by atoms with Gasteiger partial charge in [-0.1, -0.05) is 105 Å². The van der Waals surface area contributed by atoms with E-state index in [0.717, 1.165) is 38.5 Å². The molecule has 168 valence electrons. The highest BCUT2D eigenvalue weighted by atomic mass is 16.4. The van der Waals surface area contributed by atoms with Crippen molar-refractivity contribution in [3.8, 4) is 0 Å². The lowest BCUT2D eigenvalue weighted by Gasteiger charge is -2.26. The molecule has 0 unspecified atom stereocenters. The van der Waals surface area contributed by atoms with Gasteiger partial charge in [0.1, 0.15) is 0 Å². The molecule has 0 aliphatic heterocycles. The van der Waals surface area contributed by atoms with E-state index < -0.39 is 17.4 Å². The third kappa shape index (κ3) is 17.1. The lowest BCUT2D eigenvalue weighted by atomic mass is 9.78. The highest BCUT2D eigenvalue weighted by molar-refractivity contribution is 5.74. The first kappa shape index (κ1) is 29.1. The average Bonchev–Trinajstić information content (AvgIpc) is 2.67. The van der Waals surface area contributed by atoms with Crippen molar-refractivity contribution >= 4 is 11.9 Å². The molecular formula is C24H48O4. The Balaban J connectivity index is 0. The standard InChI is InChI=1S/C14H28O2.C10H20O2/c1-4-7-8-9-10-11-12-14(5-2,6-3)13(15)16;1-2-3-4-5-6-7-8-9-10(11)12/h4-12H2,1-3H3,(H,15,16);2-9H2,1H3,(H,11,12). The molecule has 0 aromatic heterocycles. The van der Waals surface area contributed by atoms with Crippen molar-refractivity contribution in [1.82, 2.24) is 0 Å². The van der Waals surface area contributed by atoms with Gasteiger partial charge in [0.2, 0.25) is 0 Å². The quantitative estimate of drug-likeness (QED) is 0.230. The van der Waals surface area contributed by atoms with Crippen LogP contribution in [-0.2, 0) is 9.59 Å². The molecule has 0 aliphatic carbocycles. The van der Waals surface area contributed by atoms with Gasteiger partial charge >= 0.3 is 11.9 Å². The lowest BCUT2D eigenvalue weighted by Crippen LogP contribution is -2.29. The second-order valence-corrected chi connectivity index (χ2v) is 8.08. The van der Waals surface area contributed by atoms with Crippen LogP contribution >= 0.6 is 0 Å². The molecule has 2 N–H and O–H groups in total. The van der Waals surface area contributed by atoms with E-state index in [1.54, 1.807) is 0 Å². The van der Waals surface area contributed by atoms with E-state index in [9.17, 15) is 14.7 Å². The normalized spacial score (nSPS) is 11.0. The van der Waals surface area contributed by atoms with Crippen molar-refractivity contribution in [2.75, 3.05) is 0 Å². The van der Waals surface area contributed by atoms with Crippen LogP contribution in [0.3, 0.4) is 0 Å². The SMILES string of the molecule is CCCCCCCCC(CC)(CC)C(=O)O.CCCCCCCCCC(=O)O. The fourth-order valence-electron chi connectivity index (χ4n) is 3.49. The molecule has 0 bridgehead atoms. The summed E-state index contributed by atoms with van der Waals surface area (Å²) in [5, 5.41) is 17.6. The zero-order valence-electron chi connectivity index (χ0n) is 19.2. The highest BCUT2D eigenvalue weighted by Crippen LogP contribution is 2.33. The van der Waals surface area contributed by atoms with Gasteiger partial charge < -0.3 is 10.2 Å². The minimum atomic E-state index is -0.663. The molecule has 4 nitrogen and oxygen atoms in total. The van der Waals surface area contributed by atoms with Crippen LogP contribution < -0.4 is 0 Å². The van der Waals surface area contributed by atoms with Crippen molar-refractivity contribution in [1.29, 1.82) is 0 Å². The second-order valence-electron chi connectivity index (χ2n) is 8.08. The molecule has 0 rings (SSSR count). The van der Waals surface area contributed by atoms with Gasteiger partial charge in [0.05, 0.1) is 5.41 Å². The van der Waals surface area contributed by atoms with E-state index in [0.29, 0.717) is 6.42 Å². The van der Waals surface area contributed by atoms with E-state index >= 15 is 0 Å². The summed E-state index contributed by atoms with van der Waals surface area (Å²) in [6, 6.07) is 0. The number of aliphatic carboxylic acids is 2. The maximum Gasteiger partial charge on any atom is 0.309 e. The van der Waals surface area contributed by atoms with Crippen LogP contribution in [0.2, 0.25) is 0 Å². The Hall–Kier alpha value is -1.06. The molecule has 28 heavy (non-hydrogen) atoms. The van der Waals surface area contributed by atoms with E-state index in [-0.39, 0.29) is 0 Å². The average molecular weight is 401 g/mol. The van der Waals surface area contributed by atoms with Gasteiger partial charge in [0, 0.05) is 6.42 Å². The predicted octanol–water partition coefficient (Wildman–Crippen LogP) is 7.84. The van der Waals surface area contributed by atoms with Crippen LogP contribution in [0.4, 0.5) is 0 Å². The van der Waals surface area contributed by atoms with Gasteiger partial charge in [-0.25, -0.2) is 0 Å². The maximum absolute atomic E-state index is 11.2. The first-order valence-corrected chi connectivity index (χ1v) is 11.8. The van der Waals surface area contributed by atoms with Gasteiger partial charge in [-0.3, -0.25) is 9.59 Å². The molecule has 0 amide bonds. The van der Waals surface area contributed by atoms with Gasteiger partial charge in [-0.2, -0.15) is 0 Å². The molecule has 0 saturated carbocycles. The van der Waals surface area contributed by atoms with Crippen LogP contribution in [0, 0.1) is 5.41 Å². The van der Waals surface area contributed by atoms with Crippen LogP contribution in [0.15, 0.2) is 0 Å². The summed E-state index contributed by atoms with van der Waals surface area (Å²) in [5.41, 5.74) is -0.454. The third-order valence-corrected chi connectivity index (χ3v) is 5.81. The fraction of sp³-hybridized carbons (Fsp3) is 0.917. The summed E-state index contributed by atoms with van der Waals surface area (Å²) in [6.07, 6.45) is 18.4. The Kier molecular flexibility index (Phi) is 21.5. The summed E-state index contributed by atoms with van der Waals surface area (Å²) in [6.45, 7) is 8.40. The number of carbonyl (C=O) groups is 2. The molecule has 0 aromatic carbocycles. The Bertz CT molecular complexity index is 362. The van der Waals surface area contributed by atoms with Gasteiger partial charge in [0.25, 0.3) is 0 Å². The minimum Gasteiger partial charge on any atom is -0.481 e. The first-order valence-electron chi connectivity index (χ1n) is 11.8. The minimum absolute atomic E-state index is 0.341. The molecule has 0 heterocycles. The summed E-state index contributed by atoms with van der Waals surface area (Å²) in [7, 11) is 0.